The Balaban J connectivity index is 2.05. The molecule has 5 nitrogen and oxygen atoms in total. The lowest BCUT2D eigenvalue weighted by Crippen LogP contribution is -2.24. The van der Waals surface area contributed by atoms with Gasteiger partial charge < -0.3 is 10.2 Å². The zero-order valence-corrected chi connectivity index (χ0v) is 11.0. The van der Waals surface area contributed by atoms with Crippen LogP contribution >= 0.6 is 11.6 Å². The summed E-state index contributed by atoms with van der Waals surface area (Å²) in [5, 5.41) is 2.98. The molecule has 2 heterocycles. The largest absolute Gasteiger partial charge is 0.324 e. The van der Waals surface area contributed by atoms with E-state index in [1.54, 1.807) is 6.20 Å². The van der Waals surface area contributed by atoms with Crippen LogP contribution in [-0.4, -0.2) is 22.4 Å². The van der Waals surface area contributed by atoms with Gasteiger partial charge in [0.1, 0.15) is 5.69 Å². The molecule has 0 fully saturated rings. The Hall–Kier alpha value is -1.88. The second-order valence-corrected chi connectivity index (χ2v) is 4.77. The maximum atomic E-state index is 11.7. The Morgan fingerprint density at radius 1 is 1.37 bits per heavy atom. The molecule has 1 aliphatic carbocycles. The number of amides is 1. The van der Waals surface area contributed by atoms with Gasteiger partial charge in [0.15, 0.2) is 5.82 Å². The van der Waals surface area contributed by atoms with Crippen molar-refractivity contribution in [1.29, 1.82) is 0 Å². The van der Waals surface area contributed by atoms with Crippen molar-refractivity contribution in [3.63, 3.8) is 0 Å². The van der Waals surface area contributed by atoms with Crippen molar-refractivity contribution >= 4 is 29.0 Å². The third kappa shape index (κ3) is 2.46. The number of aromatic nitrogens is 2. The highest BCUT2D eigenvalue weighted by Gasteiger charge is 2.23. The van der Waals surface area contributed by atoms with E-state index in [1.165, 1.54) is 0 Å². The summed E-state index contributed by atoms with van der Waals surface area (Å²) in [4.78, 5) is 21.9. The lowest BCUT2D eigenvalue weighted by atomic mass is 10.1. The minimum absolute atomic E-state index is 0.0324. The molecule has 0 saturated heterocycles. The normalized spacial score (nSPS) is 18.5. The van der Waals surface area contributed by atoms with Crippen molar-refractivity contribution in [2.45, 2.75) is 19.3 Å². The van der Waals surface area contributed by atoms with E-state index in [9.17, 15) is 4.79 Å². The third-order valence-electron chi connectivity index (χ3n) is 3.12. The molecule has 1 aromatic heterocycles. The molecule has 1 N–H and O–H groups in total. The van der Waals surface area contributed by atoms with E-state index in [-0.39, 0.29) is 11.2 Å². The van der Waals surface area contributed by atoms with E-state index in [1.807, 2.05) is 4.90 Å². The maximum absolute atomic E-state index is 11.7. The molecule has 19 heavy (non-hydrogen) atoms. The van der Waals surface area contributed by atoms with Crippen LogP contribution in [0.25, 0.3) is 0 Å². The average molecular weight is 277 g/mol. The highest BCUT2D eigenvalue weighted by atomic mass is 35.5. The number of fused-ring (bicyclic) bond motifs is 1. The summed E-state index contributed by atoms with van der Waals surface area (Å²) in [6.45, 7) is 0.586. The van der Waals surface area contributed by atoms with Crippen LogP contribution in [-0.2, 0) is 4.79 Å². The Morgan fingerprint density at radius 3 is 3.05 bits per heavy atom. The SMILES string of the molecule is O=C1CCN(C2=CCCC=C2)c2nc(Cl)ncc2N1. The summed E-state index contributed by atoms with van der Waals surface area (Å²) in [6, 6.07) is 0. The van der Waals surface area contributed by atoms with Crippen LogP contribution in [0.15, 0.2) is 30.1 Å². The molecule has 0 spiro atoms. The highest BCUT2D eigenvalue weighted by Crippen LogP contribution is 2.31. The van der Waals surface area contributed by atoms with Crippen molar-refractivity contribution in [1.82, 2.24) is 9.97 Å². The second-order valence-electron chi connectivity index (χ2n) is 4.43. The smallest absolute Gasteiger partial charge is 0.226 e. The fraction of sp³-hybridized carbons (Fsp3) is 0.308. The maximum Gasteiger partial charge on any atom is 0.226 e. The minimum atomic E-state index is -0.0324. The number of hydrogen-bond acceptors (Lipinski definition) is 4. The quantitative estimate of drug-likeness (QED) is 0.801. The van der Waals surface area contributed by atoms with Crippen molar-refractivity contribution in [2.24, 2.45) is 0 Å². The van der Waals surface area contributed by atoms with Crippen LogP contribution in [0, 0.1) is 0 Å². The van der Waals surface area contributed by atoms with Gasteiger partial charge in [-0.3, -0.25) is 4.79 Å². The summed E-state index contributed by atoms with van der Waals surface area (Å²) in [5.41, 5.74) is 1.66. The summed E-state index contributed by atoms with van der Waals surface area (Å²) in [7, 11) is 0. The van der Waals surface area contributed by atoms with E-state index < -0.39 is 0 Å². The molecule has 3 rings (SSSR count). The molecule has 0 atom stereocenters. The Labute approximate surface area is 116 Å². The number of allylic oxidation sites excluding steroid dienone is 3. The molecule has 1 aromatic rings. The third-order valence-corrected chi connectivity index (χ3v) is 3.30. The molecule has 98 valence electrons. The topological polar surface area (TPSA) is 58.1 Å². The van der Waals surface area contributed by atoms with Crippen molar-refractivity contribution < 1.29 is 4.79 Å². The van der Waals surface area contributed by atoms with Gasteiger partial charge in [-0.05, 0) is 30.5 Å². The number of halogens is 1. The van der Waals surface area contributed by atoms with Gasteiger partial charge in [0, 0.05) is 18.7 Å². The van der Waals surface area contributed by atoms with Crippen molar-refractivity contribution in [3.05, 3.63) is 35.4 Å². The van der Waals surface area contributed by atoms with Gasteiger partial charge in [0.2, 0.25) is 11.2 Å². The molecule has 0 radical (unpaired) electrons. The first kappa shape index (κ1) is 12.2. The number of nitrogens with zero attached hydrogens (tertiary/aromatic N) is 3. The zero-order chi connectivity index (χ0) is 13.2. The van der Waals surface area contributed by atoms with Gasteiger partial charge in [0.05, 0.1) is 6.20 Å². The second kappa shape index (κ2) is 5.01. The van der Waals surface area contributed by atoms with Gasteiger partial charge in [-0.2, -0.15) is 4.98 Å². The Bertz CT molecular complexity index is 582. The molecule has 0 bridgehead atoms. The van der Waals surface area contributed by atoms with Gasteiger partial charge in [-0.15, -0.1) is 0 Å². The molecule has 1 amide bonds. The predicted octanol–water partition coefficient (Wildman–Crippen LogP) is 2.51. The lowest BCUT2D eigenvalue weighted by Gasteiger charge is -2.25. The lowest BCUT2D eigenvalue weighted by molar-refractivity contribution is -0.115. The Morgan fingerprint density at radius 2 is 2.26 bits per heavy atom. The van der Waals surface area contributed by atoms with E-state index in [0.717, 1.165) is 18.5 Å². The van der Waals surface area contributed by atoms with Crippen molar-refractivity contribution in [3.8, 4) is 0 Å². The highest BCUT2D eigenvalue weighted by molar-refractivity contribution is 6.28. The first-order valence-corrected chi connectivity index (χ1v) is 6.58. The van der Waals surface area contributed by atoms with E-state index in [4.69, 9.17) is 11.6 Å². The molecule has 1 aliphatic heterocycles. The monoisotopic (exact) mass is 276 g/mol. The number of rotatable bonds is 1. The molecule has 0 saturated carbocycles. The first-order chi connectivity index (χ1) is 9.24. The van der Waals surface area contributed by atoms with E-state index >= 15 is 0 Å². The fourth-order valence-corrected chi connectivity index (χ4v) is 2.36. The molecular weight excluding hydrogens is 264 g/mol. The Kier molecular flexibility index (Phi) is 3.21. The first-order valence-electron chi connectivity index (χ1n) is 6.20. The van der Waals surface area contributed by atoms with E-state index in [2.05, 4.69) is 33.5 Å². The van der Waals surface area contributed by atoms with Crippen LogP contribution in [0.2, 0.25) is 5.28 Å². The molecule has 0 unspecified atom stereocenters. The number of anilines is 2. The summed E-state index contributed by atoms with van der Waals surface area (Å²) in [6.07, 6.45) is 10.3. The predicted molar refractivity (Wildman–Crippen MR) is 74.1 cm³/mol. The van der Waals surface area contributed by atoms with Crippen LogP contribution < -0.4 is 10.2 Å². The standard InChI is InChI=1S/C13H13ClN4O/c14-13-15-8-10-12(17-13)18(7-6-11(19)16-10)9-4-2-1-3-5-9/h2,4-5,8H,1,3,6-7H2,(H,16,19). The number of hydrogen-bond donors (Lipinski definition) is 1. The minimum Gasteiger partial charge on any atom is -0.324 e. The number of carbonyl (C=O) groups is 1. The number of carbonyl (C=O) groups excluding carboxylic acids is 1. The zero-order valence-electron chi connectivity index (χ0n) is 10.3. The van der Waals surface area contributed by atoms with Crippen LogP contribution in [0.3, 0.4) is 0 Å². The molecule has 6 heteroatoms. The molecular formula is C13H13ClN4O. The van der Waals surface area contributed by atoms with Crippen LogP contribution in [0.1, 0.15) is 19.3 Å². The van der Waals surface area contributed by atoms with Crippen LogP contribution in [0.4, 0.5) is 11.5 Å². The van der Waals surface area contributed by atoms with Gasteiger partial charge in [0.25, 0.3) is 0 Å². The van der Waals surface area contributed by atoms with Gasteiger partial charge >= 0.3 is 0 Å². The van der Waals surface area contributed by atoms with Crippen molar-refractivity contribution in [2.75, 3.05) is 16.8 Å². The average Bonchev–Trinajstić information content (AvgIpc) is 2.58. The summed E-state index contributed by atoms with van der Waals surface area (Å²) in [5.74, 6) is 0.624. The number of nitrogens with one attached hydrogen (secondary N) is 1. The summed E-state index contributed by atoms with van der Waals surface area (Å²) < 4.78 is 0. The van der Waals surface area contributed by atoms with E-state index in [0.29, 0.717) is 24.5 Å². The van der Waals surface area contributed by atoms with Gasteiger partial charge in [-0.25, -0.2) is 4.98 Å². The molecule has 0 aromatic carbocycles. The summed E-state index contributed by atoms with van der Waals surface area (Å²) >= 11 is 5.87. The van der Waals surface area contributed by atoms with Crippen LogP contribution in [0.5, 0.6) is 0 Å². The fourth-order valence-electron chi connectivity index (χ4n) is 2.23. The van der Waals surface area contributed by atoms with Gasteiger partial charge in [-0.1, -0.05) is 12.2 Å². The molecule has 2 aliphatic rings.